The molecule has 0 N–H and O–H groups in total. The molecule has 0 aromatic heterocycles. The molecule has 1 heterocycles. The lowest BCUT2D eigenvalue weighted by atomic mass is 10.0. The minimum absolute atomic E-state index is 0.930. The summed E-state index contributed by atoms with van der Waals surface area (Å²) < 4.78 is 6.24. The summed E-state index contributed by atoms with van der Waals surface area (Å²) in [6.45, 7) is 4.30. The van der Waals surface area contributed by atoms with E-state index in [-0.39, 0.29) is 0 Å². The molecule has 0 fully saturated rings. The molecule has 0 radical (unpaired) electrons. The molecule has 2 aromatic carbocycles. The second-order valence-electron chi connectivity index (χ2n) is 5.53. The van der Waals surface area contributed by atoms with E-state index < -0.39 is 0 Å². The molecule has 1 aliphatic carbocycles. The summed E-state index contributed by atoms with van der Waals surface area (Å²) in [5.41, 5.74) is 4.84. The first-order valence-corrected chi connectivity index (χ1v) is 7.22. The molecule has 2 aromatic rings. The minimum atomic E-state index is 0.930. The van der Waals surface area contributed by atoms with Gasteiger partial charge in [-0.15, -0.1) is 0 Å². The smallest absolute Gasteiger partial charge is 0.139 e. The lowest BCUT2D eigenvalue weighted by molar-refractivity contribution is 0.579. The Labute approximate surface area is 124 Å². The van der Waals surface area contributed by atoms with Crippen molar-refractivity contribution in [3.63, 3.8) is 0 Å². The van der Waals surface area contributed by atoms with Gasteiger partial charge in [-0.25, -0.2) is 0 Å². The number of aryl methyl sites for hydroxylation is 2. The number of fused-ring (bicyclic) bond motifs is 3. The Morgan fingerprint density at radius 2 is 1.43 bits per heavy atom. The van der Waals surface area contributed by atoms with Crippen molar-refractivity contribution in [2.75, 3.05) is 0 Å². The first-order valence-electron chi connectivity index (χ1n) is 7.22. The molecule has 4 rings (SSSR count). The van der Waals surface area contributed by atoms with Crippen LogP contribution in [0.3, 0.4) is 0 Å². The van der Waals surface area contributed by atoms with Gasteiger partial charge in [0.25, 0.3) is 0 Å². The summed E-state index contributed by atoms with van der Waals surface area (Å²) >= 11 is 0. The van der Waals surface area contributed by atoms with E-state index in [1.54, 1.807) is 0 Å². The van der Waals surface area contributed by atoms with Gasteiger partial charge in [-0.05, 0) is 36.2 Å². The number of rotatable bonds is 1. The second kappa shape index (κ2) is 4.49. The van der Waals surface area contributed by atoms with E-state index in [2.05, 4.69) is 56.3 Å². The third-order valence-corrected chi connectivity index (χ3v) is 4.18. The van der Waals surface area contributed by atoms with E-state index in [9.17, 15) is 0 Å². The molecule has 0 saturated heterocycles. The molecule has 2 aliphatic rings. The zero-order chi connectivity index (χ0) is 14.4. The standard InChI is InChI=1S/C20H16O/c1-13-12-18(15-8-4-3-5-9-15)21-20-14(2)16-10-6-7-11-17(16)19(13)20/h3-12H,1-2H3. The Morgan fingerprint density at radius 1 is 0.762 bits per heavy atom. The molecular weight excluding hydrogens is 256 g/mol. The normalized spacial score (nSPS) is 11.3. The fourth-order valence-electron chi connectivity index (χ4n) is 3.13. The quantitative estimate of drug-likeness (QED) is 0.425. The summed E-state index contributed by atoms with van der Waals surface area (Å²) in [4.78, 5) is 0. The third-order valence-electron chi connectivity index (χ3n) is 4.18. The highest BCUT2D eigenvalue weighted by Crippen LogP contribution is 2.42. The summed E-state index contributed by atoms with van der Waals surface area (Å²) in [6.07, 6.45) is 0. The van der Waals surface area contributed by atoms with Crippen molar-refractivity contribution in [3.8, 4) is 22.6 Å². The minimum Gasteiger partial charge on any atom is -0.456 e. The van der Waals surface area contributed by atoms with Crippen LogP contribution in [0.5, 0.6) is 0 Å². The van der Waals surface area contributed by atoms with Crippen LogP contribution in [0.2, 0.25) is 0 Å². The molecular formula is C20H16O. The van der Waals surface area contributed by atoms with Crippen LogP contribution < -0.4 is 0 Å². The van der Waals surface area contributed by atoms with E-state index in [1.165, 1.54) is 27.5 Å². The molecule has 1 heteroatoms. The van der Waals surface area contributed by atoms with Crippen LogP contribution in [-0.2, 0) is 0 Å². The number of benzene rings is 2. The lowest BCUT2D eigenvalue weighted by Gasteiger charge is -2.09. The van der Waals surface area contributed by atoms with Crippen molar-refractivity contribution in [3.05, 3.63) is 71.8 Å². The Hall–Kier alpha value is -2.54. The van der Waals surface area contributed by atoms with Crippen LogP contribution in [0.25, 0.3) is 33.4 Å². The molecule has 0 unspecified atom stereocenters. The molecule has 0 atom stereocenters. The Balaban J connectivity index is 2.09. The number of hydrogen-bond acceptors (Lipinski definition) is 1. The predicted octanol–water partition coefficient (Wildman–Crippen LogP) is 5.82. The molecule has 1 nitrogen and oxygen atoms in total. The fraction of sp³-hybridized carbons (Fsp3) is 0.100. The lowest BCUT2D eigenvalue weighted by Crippen LogP contribution is -1.86. The molecule has 21 heavy (non-hydrogen) atoms. The van der Waals surface area contributed by atoms with Crippen molar-refractivity contribution >= 4 is 10.8 Å². The average Bonchev–Trinajstić information content (AvgIpc) is 2.82. The summed E-state index contributed by atoms with van der Waals surface area (Å²) in [5, 5.41) is 2.57. The van der Waals surface area contributed by atoms with E-state index in [4.69, 9.17) is 4.42 Å². The van der Waals surface area contributed by atoms with Crippen LogP contribution in [0.15, 0.2) is 65.1 Å². The van der Waals surface area contributed by atoms with Gasteiger partial charge in [-0.3, -0.25) is 0 Å². The maximum absolute atomic E-state index is 6.24. The Morgan fingerprint density at radius 3 is 2.19 bits per heavy atom. The van der Waals surface area contributed by atoms with Crippen LogP contribution in [0, 0.1) is 13.8 Å². The largest absolute Gasteiger partial charge is 0.456 e. The van der Waals surface area contributed by atoms with E-state index >= 15 is 0 Å². The summed E-state index contributed by atoms with van der Waals surface area (Å²) in [5.74, 6) is 1.94. The van der Waals surface area contributed by atoms with E-state index in [0.29, 0.717) is 0 Å². The van der Waals surface area contributed by atoms with Gasteiger partial charge in [0.2, 0.25) is 0 Å². The molecule has 0 spiro atoms. The molecule has 0 amide bonds. The van der Waals surface area contributed by atoms with Crippen LogP contribution in [-0.4, -0.2) is 0 Å². The van der Waals surface area contributed by atoms with Gasteiger partial charge in [0.1, 0.15) is 11.5 Å². The van der Waals surface area contributed by atoms with E-state index in [1.807, 2.05) is 18.2 Å². The topological polar surface area (TPSA) is 13.1 Å². The first-order chi connectivity index (χ1) is 10.3. The highest BCUT2D eigenvalue weighted by molar-refractivity contribution is 6.05. The second-order valence-corrected chi connectivity index (χ2v) is 5.53. The maximum Gasteiger partial charge on any atom is 0.139 e. The van der Waals surface area contributed by atoms with Crippen LogP contribution in [0.1, 0.15) is 11.1 Å². The maximum atomic E-state index is 6.24. The van der Waals surface area contributed by atoms with Crippen molar-refractivity contribution in [1.82, 2.24) is 0 Å². The molecule has 0 saturated carbocycles. The monoisotopic (exact) mass is 272 g/mol. The highest BCUT2D eigenvalue weighted by atomic mass is 16.3. The molecule has 0 bridgehead atoms. The average molecular weight is 272 g/mol. The van der Waals surface area contributed by atoms with E-state index in [0.717, 1.165) is 17.1 Å². The predicted molar refractivity (Wildman–Crippen MR) is 87.7 cm³/mol. The van der Waals surface area contributed by atoms with Crippen molar-refractivity contribution in [2.45, 2.75) is 13.8 Å². The zero-order valence-corrected chi connectivity index (χ0v) is 12.2. The fourth-order valence-corrected chi connectivity index (χ4v) is 3.13. The van der Waals surface area contributed by atoms with Crippen LogP contribution >= 0.6 is 0 Å². The van der Waals surface area contributed by atoms with Crippen LogP contribution in [0.4, 0.5) is 0 Å². The SMILES string of the molecule is Cc1cc(-c2ccccc2)oc2c(C)c3ccccc3c1-2. The van der Waals surface area contributed by atoms with Gasteiger partial charge in [0, 0.05) is 16.7 Å². The third kappa shape index (κ3) is 1.78. The van der Waals surface area contributed by atoms with Gasteiger partial charge in [-0.2, -0.15) is 0 Å². The summed E-state index contributed by atoms with van der Waals surface area (Å²) in [7, 11) is 0. The van der Waals surface area contributed by atoms with Gasteiger partial charge in [0.15, 0.2) is 0 Å². The Kier molecular flexibility index (Phi) is 2.61. The Bertz CT molecular complexity index is 900. The van der Waals surface area contributed by atoms with Gasteiger partial charge < -0.3 is 4.42 Å². The summed E-state index contributed by atoms with van der Waals surface area (Å²) in [6, 6.07) is 20.9. The zero-order valence-electron chi connectivity index (χ0n) is 12.2. The van der Waals surface area contributed by atoms with Crippen molar-refractivity contribution in [1.29, 1.82) is 0 Å². The highest BCUT2D eigenvalue weighted by Gasteiger charge is 2.20. The van der Waals surface area contributed by atoms with Gasteiger partial charge in [-0.1, -0.05) is 54.6 Å². The van der Waals surface area contributed by atoms with Gasteiger partial charge in [0.05, 0.1) is 0 Å². The first kappa shape index (κ1) is 12.2. The molecule has 102 valence electrons. The van der Waals surface area contributed by atoms with Crippen molar-refractivity contribution in [2.24, 2.45) is 0 Å². The molecule has 1 aliphatic heterocycles. The van der Waals surface area contributed by atoms with Crippen molar-refractivity contribution < 1.29 is 4.42 Å². The number of hydrogen-bond donors (Lipinski definition) is 0. The van der Waals surface area contributed by atoms with Gasteiger partial charge >= 0.3 is 0 Å².